The fraction of sp³-hybridized carbons (Fsp3) is 0.500. The third-order valence-corrected chi connectivity index (χ3v) is 4.06. The van der Waals surface area contributed by atoms with Crippen molar-refractivity contribution in [3.8, 4) is 0 Å². The lowest BCUT2D eigenvalue weighted by Gasteiger charge is -2.20. The van der Waals surface area contributed by atoms with E-state index in [0.717, 1.165) is 12.1 Å². The van der Waals surface area contributed by atoms with Crippen LogP contribution in [0.4, 0.5) is 13.2 Å². The molecule has 1 aromatic carbocycles. The summed E-state index contributed by atoms with van der Waals surface area (Å²) in [7, 11) is 0. The number of carboxylic acid groups (broad SMARTS) is 1. The Morgan fingerprint density at radius 1 is 1.26 bits per heavy atom. The number of hydrogen-bond donors (Lipinski definition) is 1. The zero-order valence-electron chi connectivity index (χ0n) is 12.6. The van der Waals surface area contributed by atoms with Gasteiger partial charge in [0.2, 0.25) is 5.91 Å². The highest BCUT2D eigenvalue weighted by Gasteiger charge is 2.45. The van der Waals surface area contributed by atoms with Crippen LogP contribution in [-0.2, 0) is 15.8 Å². The highest BCUT2D eigenvalue weighted by atomic mass is 19.4. The normalized spacial score (nSPS) is 20.2. The average Bonchev–Trinajstić information content (AvgIpc) is 3.27. The molecule has 0 bridgehead atoms. The lowest BCUT2D eigenvalue weighted by molar-refractivity contribution is -0.139. The molecular formula is C16H18F3NO3. The number of rotatable bonds is 6. The topological polar surface area (TPSA) is 57.6 Å². The zero-order chi connectivity index (χ0) is 17.2. The van der Waals surface area contributed by atoms with Gasteiger partial charge in [0, 0.05) is 19.0 Å². The lowest BCUT2D eigenvalue weighted by atomic mass is 10.1. The van der Waals surface area contributed by atoms with Gasteiger partial charge in [-0.2, -0.15) is 13.2 Å². The number of carbonyl (C=O) groups is 2. The minimum Gasteiger partial charge on any atom is -0.481 e. The molecule has 0 saturated heterocycles. The summed E-state index contributed by atoms with van der Waals surface area (Å²) in [4.78, 5) is 24.4. The van der Waals surface area contributed by atoms with Crippen LogP contribution >= 0.6 is 0 Å². The van der Waals surface area contributed by atoms with Crippen LogP contribution in [-0.4, -0.2) is 35.0 Å². The highest BCUT2D eigenvalue weighted by molar-refractivity contribution is 5.83. The van der Waals surface area contributed by atoms with Gasteiger partial charge in [-0.05, 0) is 37.0 Å². The van der Waals surface area contributed by atoms with E-state index in [0.29, 0.717) is 18.5 Å². The van der Waals surface area contributed by atoms with Crippen molar-refractivity contribution in [3.63, 3.8) is 0 Å². The largest absolute Gasteiger partial charge is 0.481 e. The Balaban J connectivity index is 1.98. The van der Waals surface area contributed by atoms with Crippen molar-refractivity contribution in [1.29, 1.82) is 0 Å². The van der Waals surface area contributed by atoms with E-state index in [4.69, 9.17) is 5.11 Å². The number of halogens is 3. The number of carbonyl (C=O) groups excluding carboxylic acids is 1. The first kappa shape index (κ1) is 17.3. The number of hydrogen-bond acceptors (Lipinski definition) is 2. The quantitative estimate of drug-likeness (QED) is 0.872. The third kappa shape index (κ3) is 4.24. The van der Waals surface area contributed by atoms with E-state index in [9.17, 15) is 22.8 Å². The molecule has 0 radical (unpaired) electrons. The first-order valence-electron chi connectivity index (χ1n) is 7.41. The van der Waals surface area contributed by atoms with Crippen molar-refractivity contribution >= 4 is 11.9 Å². The van der Waals surface area contributed by atoms with Gasteiger partial charge in [0.25, 0.3) is 0 Å². The van der Waals surface area contributed by atoms with Crippen LogP contribution in [0.5, 0.6) is 0 Å². The van der Waals surface area contributed by atoms with E-state index in [1.807, 2.05) is 0 Å². The fourth-order valence-corrected chi connectivity index (χ4v) is 2.64. The van der Waals surface area contributed by atoms with Crippen LogP contribution in [0.3, 0.4) is 0 Å². The molecule has 1 amide bonds. The Hall–Kier alpha value is -2.05. The van der Waals surface area contributed by atoms with Gasteiger partial charge in [-0.3, -0.25) is 9.59 Å². The maximum atomic E-state index is 12.5. The number of carboxylic acids is 1. The Morgan fingerprint density at radius 2 is 1.87 bits per heavy atom. The van der Waals surface area contributed by atoms with Gasteiger partial charge in [-0.25, -0.2) is 0 Å². The minimum absolute atomic E-state index is 0.0799. The Bertz CT molecular complexity index is 583. The average molecular weight is 329 g/mol. The third-order valence-electron chi connectivity index (χ3n) is 4.06. The Morgan fingerprint density at radius 3 is 2.35 bits per heavy atom. The molecule has 2 rings (SSSR count). The van der Waals surface area contributed by atoms with E-state index in [1.54, 1.807) is 6.92 Å². The standard InChI is InChI=1S/C16H18F3NO3/c1-2-20(8-7-14(21)22)15(23)13-9-12(13)10-3-5-11(6-4-10)16(17,18)19/h3-6,12-13H,2,7-9H2,1H3,(H,21,22). The molecule has 0 spiro atoms. The van der Waals surface area contributed by atoms with Crippen molar-refractivity contribution < 1.29 is 27.9 Å². The summed E-state index contributed by atoms with van der Waals surface area (Å²) < 4.78 is 37.6. The van der Waals surface area contributed by atoms with E-state index in [2.05, 4.69) is 0 Å². The smallest absolute Gasteiger partial charge is 0.416 e. The van der Waals surface area contributed by atoms with Crippen molar-refractivity contribution in [3.05, 3.63) is 35.4 Å². The van der Waals surface area contributed by atoms with E-state index in [-0.39, 0.29) is 30.7 Å². The molecular weight excluding hydrogens is 311 g/mol. The molecule has 1 aliphatic rings. The van der Waals surface area contributed by atoms with Gasteiger partial charge in [0.05, 0.1) is 12.0 Å². The summed E-state index contributed by atoms with van der Waals surface area (Å²) in [6.07, 6.45) is -3.89. The molecule has 1 fully saturated rings. The van der Waals surface area contributed by atoms with Crippen molar-refractivity contribution in [2.45, 2.75) is 31.9 Å². The predicted molar refractivity (Wildman–Crippen MR) is 76.8 cm³/mol. The molecule has 0 aliphatic heterocycles. The zero-order valence-corrected chi connectivity index (χ0v) is 12.6. The highest BCUT2D eigenvalue weighted by Crippen LogP contribution is 2.48. The second-order valence-corrected chi connectivity index (χ2v) is 5.63. The maximum Gasteiger partial charge on any atom is 0.416 e. The molecule has 0 heterocycles. The summed E-state index contributed by atoms with van der Waals surface area (Å²) in [5.41, 5.74) is 0.00653. The van der Waals surface area contributed by atoms with Crippen LogP contribution in [0.15, 0.2) is 24.3 Å². The molecule has 126 valence electrons. The summed E-state index contributed by atoms with van der Waals surface area (Å²) >= 11 is 0. The van der Waals surface area contributed by atoms with Gasteiger partial charge in [0.1, 0.15) is 0 Å². The van der Waals surface area contributed by atoms with Gasteiger partial charge in [-0.15, -0.1) is 0 Å². The first-order chi connectivity index (χ1) is 10.7. The van der Waals surface area contributed by atoms with E-state index >= 15 is 0 Å². The predicted octanol–water partition coefficient (Wildman–Crippen LogP) is 3.13. The summed E-state index contributed by atoms with van der Waals surface area (Å²) in [5, 5.41) is 8.69. The molecule has 23 heavy (non-hydrogen) atoms. The van der Waals surface area contributed by atoms with E-state index < -0.39 is 17.7 Å². The van der Waals surface area contributed by atoms with Crippen molar-refractivity contribution in [2.75, 3.05) is 13.1 Å². The van der Waals surface area contributed by atoms with Gasteiger partial charge in [-0.1, -0.05) is 12.1 Å². The molecule has 1 saturated carbocycles. The SMILES string of the molecule is CCN(CCC(=O)O)C(=O)C1CC1c1ccc(C(F)(F)F)cc1. The monoisotopic (exact) mass is 329 g/mol. The van der Waals surface area contributed by atoms with Crippen molar-refractivity contribution in [2.24, 2.45) is 5.92 Å². The van der Waals surface area contributed by atoms with E-state index in [1.165, 1.54) is 17.0 Å². The summed E-state index contributed by atoms with van der Waals surface area (Å²) in [5.74, 6) is -1.44. The molecule has 4 nitrogen and oxygen atoms in total. The molecule has 1 aliphatic carbocycles. The van der Waals surface area contributed by atoms with Gasteiger partial charge >= 0.3 is 12.1 Å². The molecule has 2 unspecified atom stereocenters. The fourth-order valence-electron chi connectivity index (χ4n) is 2.64. The summed E-state index contributed by atoms with van der Waals surface area (Å²) in [6.45, 7) is 2.35. The molecule has 1 aromatic rings. The number of benzene rings is 1. The number of nitrogens with zero attached hydrogens (tertiary/aromatic N) is 1. The second-order valence-electron chi connectivity index (χ2n) is 5.63. The van der Waals surface area contributed by atoms with Crippen molar-refractivity contribution in [1.82, 2.24) is 4.90 Å². The second kappa shape index (κ2) is 6.60. The van der Waals surface area contributed by atoms with Gasteiger partial charge < -0.3 is 10.0 Å². The van der Waals surface area contributed by atoms with Crippen LogP contribution in [0.25, 0.3) is 0 Å². The lowest BCUT2D eigenvalue weighted by Crippen LogP contribution is -2.34. The number of aliphatic carboxylic acids is 1. The number of amides is 1. The Labute approximate surface area is 131 Å². The maximum absolute atomic E-state index is 12.5. The molecule has 0 aromatic heterocycles. The van der Waals surface area contributed by atoms with Crippen LogP contribution in [0, 0.1) is 5.92 Å². The van der Waals surface area contributed by atoms with Gasteiger partial charge in [0.15, 0.2) is 0 Å². The molecule has 2 atom stereocenters. The van der Waals surface area contributed by atoms with Crippen LogP contribution < -0.4 is 0 Å². The minimum atomic E-state index is -4.37. The van der Waals surface area contributed by atoms with Crippen LogP contribution in [0.1, 0.15) is 36.8 Å². The number of alkyl halides is 3. The molecule has 7 heteroatoms. The van der Waals surface area contributed by atoms with Crippen LogP contribution in [0.2, 0.25) is 0 Å². The molecule has 1 N–H and O–H groups in total. The summed E-state index contributed by atoms with van der Waals surface area (Å²) in [6, 6.07) is 4.87. The first-order valence-corrected chi connectivity index (χ1v) is 7.41. The Kier molecular flexibility index (Phi) is 4.97.